The fourth-order valence-corrected chi connectivity index (χ4v) is 0.581. The number of carboxylic acid groups (broad SMARTS) is 1. The molecule has 0 atom stereocenters. The van der Waals surface area contributed by atoms with Gasteiger partial charge in [-0.3, -0.25) is 0 Å². The van der Waals surface area contributed by atoms with Crippen molar-refractivity contribution in [3.63, 3.8) is 0 Å². The van der Waals surface area contributed by atoms with Gasteiger partial charge in [0.2, 0.25) is 0 Å². The van der Waals surface area contributed by atoms with Crippen molar-refractivity contribution >= 4 is 21.9 Å². The lowest BCUT2D eigenvalue weighted by Crippen LogP contribution is -1.93. The summed E-state index contributed by atoms with van der Waals surface area (Å²) < 4.78 is 0. The molecular weight excluding hydrogens is 208 g/mol. The highest BCUT2D eigenvalue weighted by Gasteiger charge is 1.96. The molecule has 0 spiro atoms. The van der Waals surface area contributed by atoms with Crippen molar-refractivity contribution < 1.29 is 9.90 Å². The summed E-state index contributed by atoms with van der Waals surface area (Å²) in [5, 5.41) is 8.38. The molecule has 1 N–H and O–H groups in total. The average molecular weight is 217 g/mol. The molecule has 60 valence electrons. The van der Waals surface area contributed by atoms with Crippen LogP contribution >= 0.6 is 15.9 Å². The summed E-state index contributed by atoms with van der Waals surface area (Å²) in [6, 6.07) is 8.30. The molecule has 2 nitrogen and oxygen atoms in total. The number of hydrogen-bond donors (Lipinski definition) is 1. The minimum atomic E-state index is -0.879. The van der Waals surface area contributed by atoms with Crippen molar-refractivity contribution in [3.8, 4) is 0 Å². The van der Waals surface area contributed by atoms with Gasteiger partial charge in [-0.2, -0.15) is 0 Å². The van der Waals surface area contributed by atoms with Crippen LogP contribution in [-0.4, -0.2) is 16.9 Å². The summed E-state index contributed by atoms with van der Waals surface area (Å²) in [5.74, 6) is 0.933. The van der Waals surface area contributed by atoms with Crippen LogP contribution in [0.3, 0.4) is 0 Å². The van der Waals surface area contributed by atoms with Crippen LogP contribution in [0.25, 0.3) is 0 Å². The highest BCUT2D eigenvalue weighted by molar-refractivity contribution is 9.08. The first-order valence-electron chi connectivity index (χ1n) is 2.97. The molecule has 1 rings (SSSR count). The summed E-state index contributed by atoms with van der Waals surface area (Å²) in [7, 11) is 0. The van der Waals surface area contributed by atoms with Crippen LogP contribution < -0.4 is 0 Å². The lowest BCUT2D eigenvalue weighted by molar-refractivity contribution is 0.0697. The molecule has 0 aliphatic heterocycles. The molecule has 0 fully saturated rings. The van der Waals surface area contributed by atoms with Crippen LogP contribution in [-0.2, 0) is 0 Å². The average Bonchev–Trinajstić information content (AvgIpc) is 2.10. The van der Waals surface area contributed by atoms with Gasteiger partial charge in [0, 0.05) is 0 Å². The van der Waals surface area contributed by atoms with Gasteiger partial charge < -0.3 is 5.11 Å². The third-order valence-electron chi connectivity index (χ3n) is 1.02. The largest absolute Gasteiger partial charge is 0.478 e. The van der Waals surface area contributed by atoms with Gasteiger partial charge in [0.05, 0.1) is 5.56 Å². The van der Waals surface area contributed by atoms with Gasteiger partial charge in [-0.05, 0) is 18.0 Å². The summed E-state index contributed by atoms with van der Waals surface area (Å²) >= 11 is 2.94. The topological polar surface area (TPSA) is 37.3 Å². The van der Waals surface area contributed by atoms with E-state index in [0.29, 0.717) is 5.56 Å². The predicted octanol–water partition coefficient (Wildman–Crippen LogP) is 2.40. The SMILES string of the molecule is CBr.O=C(O)c1ccccc1. The number of benzene rings is 1. The summed E-state index contributed by atoms with van der Waals surface area (Å²) in [4.78, 5) is 10.2. The molecule has 1 aromatic rings. The second-order valence-corrected chi connectivity index (χ2v) is 1.67. The Balaban J connectivity index is 0.000000461. The second-order valence-electron chi connectivity index (χ2n) is 1.67. The molecule has 1 aromatic carbocycles. The monoisotopic (exact) mass is 216 g/mol. The Morgan fingerprint density at radius 3 is 2.00 bits per heavy atom. The zero-order valence-electron chi connectivity index (χ0n) is 6.12. The van der Waals surface area contributed by atoms with Crippen molar-refractivity contribution in [1.82, 2.24) is 0 Å². The van der Waals surface area contributed by atoms with Crippen molar-refractivity contribution in [3.05, 3.63) is 35.9 Å². The Labute approximate surface area is 74.0 Å². The Morgan fingerprint density at radius 2 is 1.73 bits per heavy atom. The Morgan fingerprint density at radius 1 is 1.27 bits per heavy atom. The fraction of sp³-hybridized carbons (Fsp3) is 0.125. The van der Waals surface area contributed by atoms with Crippen molar-refractivity contribution in [2.75, 3.05) is 5.83 Å². The fourth-order valence-electron chi connectivity index (χ4n) is 0.581. The van der Waals surface area contributed by atoms with E-state index in [4.69, 9.17) is 5.11 Å². The molecule has 3 heteroatoms. The van der Waals surface area contributed by atoms with Gasteiger partial charge in [0.15, 0.2) is 0 Å². The molecular formula is C8H9BrO2. The molecule has 0 amide bonds. The number of hydrogen-bond acceptors (Lipinski definition) is 1. The molecule has 0 radical (unpaired) electrons. The smallest absolute Gasteiger partial charge is 0.335 e. The van der Waals surface area contributed by atoms with Gasteiger partial charge in [-0.1, -0.05) is 34.1 Å². The maximum absolute atomic E-state index is 10.2. The summed E-state index contributed by atoms with van der Waals surface area (Å²) in [6.45, 7) is 0. The van der Waals surface area contributed by atoms with E-state index in [-0.39, 0.29) is 0 Å². The van der Waals surface area contributed by atoms with E-state index in [9.17, 15) is 4.79 Å². The van der Waals surface area contributed by atoms with E-state index in [1.54, 1.807) is 30.3 Å². The lowest BCUT2D eigenvalue weighted by atomic mass is 10.2. The predicted molar refractivity (Wildman–Crippen MR) is 48.3 cm³/mol. The van der Waals surface area contributed by atoms with Gasteiger partial charge in [0.25, 0.3) is 0 Å². The molecule has 0 aliphatic carbocycles. The minimum absolute atomic E-state index is 0.331. The number of rotatable bonds is 1. The number of halogens is 1. The molecule has 0 aromatic heterocycles. The molecule has 0 unspecified atom stereocenters. The highest BCUT2D eigenvalue weighted by atomic mass is 79.9. The molecule has 0 heterocycles. The highest BCUT2D eigenvalue weighted by Crippen LogP contribution is 1.96. The van der Waals surface area contributed by atoms with Crippen LogP contribution in [0.2, 0.25) is 0 Å². The summed E-state index contributed by atoms with van der Waals surface area (Å²) in [5.41, 5.74) is 0.331. The van der Waals surface area contributed by atoms with Crippen LogP contribution in [0.15, 0.2) is 30.3 Å². The van der Waals surface area contributed by atoms with E-state index in [0.717, 1.165) is 0 Å². The van der Waals surface area contributed by atoms with Gasteiger partial charge in [0.1, 0.15) is 0 Å². The van der Waals surface area contributed by atoms with Crippen molar-refractivity contribution in [2.45, 2.75) is 0 Å². The van der Waals surface area contributed by atoms with E-state index < -0.39 is 5.97 Å². The lowest BCUT2D eigenvalue weighted by Gasteiger charge is -1.88. The first-order valence-corrected chi connectivity index (χ1v) is 4.55. The van der Waals surface area contributed by atoms with E-state index >= 15 is 0 Å². The third-order valence-corrected chi connectivity index (χ3v) is 1.02. The van der Waals surface area contributed by atoms with E-state index in [2.05, 4.69) is 15.9 Å². The zero-order chi connectivity index (χ0) is 8.69. The first kappa shape index (κ1) is 10.2. The van der Waals surface area contributed by atoms with E-state index in [1.165, 1.54) is 0 Å². The van der Waals surface area contributed by atoms with E-state index in [1.807, 2.05) is 5.83 Å². The third kappa shape index (κ3) is 3.78. The molecule has 0 bridgehead atoms. The number of carboxylic acids is 1. The first-order chi connectivity index (χ1) is 5.30. The standard InChI is InChI=1S/C7H6O2.CH3Br/c8-7(9)6-4-2-1-3-5-6;1-2/h1-5H,(H,8,9);1H3. The van der Waals surface area contributed by atoms with Gasteiger partial charge in [-0.25, -0.2) is 4.79 Å². The van der Waals surface area contributed by atoms with Gasteiger partial charge >= 0.3 is 5.97 Å². The van der Waals surface area contributed by atoms with Crippen LogP contribution in [0.4, 0.5) is 0 Å². The second kappa shape index (κ2) is 5.92. The maximum atomic E-state index is 10.2. The Hall–Kier alpha value is -0.830. The number of aromatic carboxylic acids is 1. The molecule has 0 saturated heterocycles. The van der Waals surface area contributed by atoms with Crippen LogP contribution in [0, 0.1) is 0 Å². The summed E-state index contributed by atoms with van der Waals surface area (Å²) in [6.07, 6.45) is 0. The van der Waals surface area contributed by atoms with Gasteiger partial charge in [-0.15, -0.1) is 0 Å². The van der Waals surface area contributed by atoms with Crippen LogP contribution in [0.5, 0.6) is 0 Å². The normalized spacial score (nSPS) is 7.82. The molecule has 0 aliphatic rings. The van der Waals surface area contributed by atoms with Crippen molar-refractivity contribution in [2.24, 2.45) is 0 Å². The molecule has 11 heavy (non-hydrogen) atoms. The Bertz CT molecular complexity index is 209. The molecule has 0 saturated carbocycles. The number of alkyl halides is 1. The van der Waals surface area contributed by atoms with Crippen molar-refractivity contribution in [1.29, 1.82) is 0 Å². The number of carbonyl (C=O) groups is 1. The quantitative estimate of drug-likeness (QED) is 0.733. The Kier molecular flexibility index (Phi) is 5.47. The van der Waals surface area contributed by atoms with Crippen LogP contribution in [0.1, 0.15) is 10.4 Å². The minimum Gasteiger partial charge on any atom is -0.478 e. The zero-order valence-corrected chi connectivity index (χ0v) is 7.71. The maximum Gasteiger partial charge on any atom is 0.335 e.